The number of ether oxygens (including phenoxy) is 2. The smallest absolute Gasteiger partial charge is 0.238 e. The van der Waals surface area contributed by atoms with Gasteiger partial charge in [0.1, 0.15) is 11.5 Å². The minimum Gasteiger partial charge on any atom is -0.496 e. The number of nitrogens with two attached hydrogens (primary N) is 1. The Kier molecular flexibility index (Phi) is 3.93. The zero-order chi connectivity index (χ0) is 11.3. The predicted molar refractivity (Wildman–Crippen MR) is 55.6 cm³/mol. The highest BCUT2D eigenvalue weighted by Gasteiger charge is 2.12. The lowest BCUT2D eigenvalue weighted by Crippen LogP contribution is -2.31. The summed E-state index contributed by atoms with van der Waals surface area (Å²) in [6.45, 7) is 0. The Morgan fingerprint density at radius 1 is 1.33 bits per heavy atom. The topological polar surface area (TPSA) is 73.6 Å². The second-order valence-corrected chi connectivity index (χ2v) is 2.89. The SMILES string of the molecule is COc1cccc(OC)c1CC(=O)NN. The van der Waals surface area contributed by atoms with E-state index in [1.807, 2.05) is 0 Å². The van der Waals surface area contributed by atoms with Crippen molar-refractivity contribution in [2.75, 3.05) is 14.2 Å². The number of amides is 1. The molecule has 1 aromatic carbocycles. The molecular formula is C10H14N2O3. The number of nitrogens with one attached hydrogen (secondary N) is 1. The van der Waals surface area contributed by atoms with Crippen LogP contribution in [0.15, 0.2) is 18.2 Å². The third-order valence-corrected chi connectivity index (χ3v) is 2.03. The molecule has 0 aromatic heterocycles. The summed E-state index contributed by atoms with van der Waals surface area (Å²) in [5.74, 6) is 5.95. The van der Waals surface area contributed by atoms with Crippen LogP contribution in [0.1, 0.15) is 5.56 Å². The molecule has 3 N–H and O–H groups in total. The van der Waals surface area contributed by atoms with Gasteiger partial charge in [-0.05, 0) is 12.1 Å². The molecule has 0 atom stereocenters. The van der Waals surface area contributed by atoms with Gasteiger partial charge < -0.3 is 9.47 Å². The summed E-state index contributed by atoms with van der Waals surface area (Å²) in [5, 5.41) is 0. The van der Waals surface area contributed by atoms with Crippen molar-refractivity contribution < 1.29 is 14.3 Å². The molecule has 5 nitrogen and oxygen atoms in total. The third-order valence-electron chi connectivity index (χ3n) is 2.03. The lowest BCUT2D eigenvalue weighted by Gasteiger charge is -2.11. The first-order chi connectivity index (χ1) is 7.22. The molecule has 0 aliphatic heterocycles. The van der Waals surface area contributed by atoms with Crippen molar-refractivity contribution in [1.29, 1.82) is 0 Å². The maximum absolute atomic E-state index is 11.2. The first kappa shape index (κ1) is 11.3. The molecule has 0 unspecified atom stereocenters. The van der Waals surface area contributed by atoms with Gasteiger partial charge in [0.25, 0.3) is 0 Å². The Bertz CT molecular complexity index is 330. The highest BCUT2D eigenvalue weighted by Crippen LogP contribution is 2.28. The molecular weight excluding hydrogens is 196 g/mol. The van der Waals surface area contributed by atoms with Gasteiger partial charge in [0, 0.05) is 5.56 Å². The van der Waals surface area contributed by atoms with E-state index in [0.717, 1.165) is 0 Å². The first-order valence-electron chi connectivity index (χ1n) is 4.42. The van der Waals surface area contributed by atoms with Gasteiger partial charge in [-0.2, -0.15) is 0 Å². The van der Waals surface area contributed by atoms with Crippen LogP contribution in [0.4, 0.5) is 0 Å². The van der Waals surface area contributed by atoms with E-state index in [1.54, 1.807) is 32.4 Å². The molecule has 0 fully saturated rings. The van der Waals surface area contributed by atoms with E-state index in [9.17, 15) is 4.79 Å². The molecule has 0 aliphatic rings. The lowest BCUT2D eigenvalue weighted by molar-refractivity contribution is -0.120. The van der Waals surface area contributed by atoms with E-state index in [0.29, 0.717) is 17.1 Å². The zero-order valence-electron chi connectivity index (χ0n) is 8.74. The molecule has 0 spiro atoms. The van der Waals surface area contributed by atoms with Gasteiger partial charge in [0.15, 0.2) is 0 Å². The van der Waals surface area contributed by atoms with Crippen molar-refractivity contribution in [2.45, 2.75) is 6.42 Å². The van der Waals surface area contributed by atoms with Gasteiger partial charge in [-0.1, -0.05) is 6.07 Å². The molecule has 1 amide bonds. The molecule has 0 radical (unpaired) electrons. The van der Waals surface area contributed by atoms with Crippen LogP contribution in [0.5, 0.6) is 11.5 Å². The van der Waals surface area contributed by atoms with E-state index < -0.39 is 0 Å². The minimum atomic E-state index is -0.294. The largest absolute Gasteiger partial charge is 0.496 e. The number of carbonyl (C=O) groups excluding carboxylic acids is 1. The molecule has 0 aliphatic carbocycles. The number of rotatable bonds is 4. The van der Waals surface area contributed by atoms with Crippen LogP contribution in [-0.2, 0) is 11.2 Å². The molecule has 5 heteroatoms. The maximum atomic E-state index is 11.2. The Hall–Kier alpha value is -1.75. The fourth-order valence-corrected chi connectivity index (χ4v) is 1.31. The number of methoxy groups -OCH3 is 2. The Morgan fingerprint density at radius 2 is 1.87 bits per heavy atom. The molecule has 0 heterocycles. The summed E-state index contributed by atoms with van der Waals surface area (Å²) >= 11 is 0. The summed E-state index contributed by atoms with van der Waals surface area (Å²) in [6, 6.07) is 5.32. The van der Waals surface area contributed by atoms with Crippen molar-refractivity contribution in [3.05, 3.63) is 23.8 Å². The number of hydrazine groups is 1. The summed E-state index contributed by atoms with van der Waals surface area (Å²) < 4.78 is 10.3. The van der Waals surface area contributed by atoms with Gasteiger partial charge in [-0.15, -0.1) is 0 Å². The van der Waals surface area contributed by atoms with Gasteiger partial charge in [0.2, 0.25) is 5.91 Å². The van der Waals surface area contributed by atoms with Crippen LogP contribution < -0.4 is 20.7 Å². The van der Waals surface area contributed by atoms with Crippen molar-refractivity contribution in [3.8, 4) is 11.5 Å². The number of carbonyl (C=O) groups is 1. The second kappa shape index (κ2) is 5.21. The van der Waals surface area contributed by atoms with Gasteiger partial charge in [-0.3, -0.25) is 10.2 Å². The van der Waals surface area contributed by atoms with Gasteiger partial charge in [0.05, 0.1) is 20.6 Å². The van der Waals surface area contributed by atoms with E-state index in [4.69, 9.17) is 15.3 Å². The van der Waals surface area contributed by atoms with Crippen molar-refractivity contribution in [2.24, 2.45) is 5.84 Å². The van der Waals surface area contributed by atoms with Crippen LogP contribution in [0.3, 0.4) is 0 Å². The van der Waals surface area contributed by atoms with Crippen LogP contribution in [0.2, 0.25) is 0 Å². The predicted octanol–water partition coefficient (Wildman–Crippen LogP) is 0.236. The fourth-order valence-electron chi connectivity index (χ4n) is 1.31. The summed E-state index contributed by atoms with van der Waals surface area (Å²) in [4.78, 5) is 11.2. The van der Waals surface area contributed by atoms with Gasteiger partial charge >= 0.3 is 0 Å². The van der Waals surface area contributed by atoms with Crippen molar-refractivity contribution >= 4 is 5.91 Å². The van der Waals surface area contributed by atoms with E-state index in [-0.39, 0.29) is 12.3 Å². The van der Waals surface area contributed by atoms with E-state index in [1.165, 1.54) is 0 Å². The van der Waals surface area contributed by atoms with Crippen LogP contribution in [0.25, 0.3) is 0 Å². The van der Waals surface area contributed by atoms with E-state index >= 15 is 0 Å². The lowest BCUT2D eigenvalue weighted by atomic mass is 10.1. The van der Waals surface area contributed by atoms with Crippen LogP contribution >= 0.6 is 0 Å². The summed E-state index contributed by atoms with van der Waals surface area (Å²) in [5.41, 5.74) is 2.75. The first-order valence-corrected chi connectivity index (χ1v) is 4.42. The monoisotopic (exact) mass is 210 g/mol. The number of benzene rings is 1. The van der Waals surface area contributed by atoms with Gasteiger partial charge in [-0.25, -0.2) is 5.84 Å². The Labute approximate surface area is 88.1 Å². The number of hydrogen-bond donors (Lipinski definition) is 2. The average Bonchev–Trinajstić information content (AvgIpc) is 2.29. The van der Waals surface area contributed by atoms with Crippen LogP contribution in [-0.4, -0.2) is 20.1 Å². The van der Waals surface area contributed by atoms with E-state index in [2.05, 4.69) is 5.43 Å². The third kappa shape index (κ3) is 2.60. The quantitative estimate of drug-likeness (QED) is 0.424. The fraction of sp³-hybridized carbons (Fsp3) is 0.300. The number of hydrogen-bond acceptors (Lipinski definition) is 4. The Morgan fingerprint density at radius 3 is 2.27 bits per heavy atom. The molecule has 15 heavy (non-hydrogen) atoms. The standard InChI is InChI=1S/C10H14N2O3/c1-14-8-4-3-5-9(15-2)7(8)6-10(13)12-11/h3-5H,6,11H2,1-2H3,(H,12,13). The normalized spacial score (nSPS) is 9.53. The zero-order valence-corrected chi connectivity index (χ0v) is 8.74. The highest BCUT2D eigenvalue weighted by molar-refractivity contribution is 5.79. The molecule has 1 aromatic rings. The van der Waals surface area contributed by atoms with Crippen molar-refractivity contribution in [3.63, 3.8) is 0 Å². The maximum Gasteiger partial charge on any atom is 0.238 e. The summed E-state index contributed by atoms with van der Waals surface area (Å²) in [6.07, 6.45) is 0.129. The minimum absolute atomic E-state index is 0.129. The Balaban J connectivity index is 3.05. The highest BCUT2D eigenvalue weighted by atomic mass is 16.5. The molecule has 82 valence electrons. The van der Waals surface area contributed by atoms with Crippen molar-refractivity contribution in [1.82, 2.24) is 5.43 Å². The molecule has 0 saturated heterocycles. The van der Waals surface area contributed by atoms with Crippen LogP contribution in [0, 0.1) is 0 Å². The average molecular weight is 210 g/mol. The molecule has 0 saturated carbocycles. The second-order valence-electron chi connectivity index (χ2n) is 2.89. The molecule has 0 bridgehead atoms. The summed E-state index contributed by atoms with van der Waals surface area (Å²) in [7, 11) is 3.08. The molecule has 1 rings (SSSR count).